The second kappa shape index (κ2) is 5.27. The number of rotatable bonds is 4. The van der Waals surface area contributed by atoms with Gasteiger partial charge >= 0.3 is 0 Å². The average molecular weight is 241 g/mol. The van der Waals surface area contributed by atoms with Gasteiger partial charge in [0.05, 0.1) is 24.9 Å². The Morgan fingerprint density at radius 3 is 3.19 bits per heavy atom. The van der Waals surface area contributed by atoms with E-state index in [9.17, 15) is 0 Å². The number of nitrogens with one attached hydrogen (secondary N) is 1. The molecule has 4 heteroatoms. The van der Waals surface area contributed by atoms with E-state index < -0.39 is 0 Å². The molecule has 1 atom stereocenters. The smallest absolute Gasteiger partial charge is 0.0940 e. The van der Waals surface area contributed by atoms with E-state index in [0.717, 1.165) is 13.1 Å². The van der Waals surface area contributed by atoms with Crippen LogP contribution in [0.5, 0.6) is 0 Å². The van der Waals surface area contributed by atoms with E-state index in [2.05, 4.69) is 30.6 Å². The lowest BCUT2D eigenvalue weighted by atomic mass is 10.1. The van der Waals surface area contributed by atoms with Gasteiger partial charge in [0, 0.05) is 18.0 Å². The fourth-order valence-electron chi connectivity index (χ4n) is 1.85. The molecular weight excluding hydrogens is 222 g/mol. The molecule has 1 aliphatic heterocycles. The van der Waals surface area contributed by atoms with E-state index in [-0.39, 0.29) is 11.7 Å². The summed E-state index contributed by atoms with van der Waals surface area (Å²) < 4.78 is 11.6. The summed E-state index contributed by atoms with van der Waals surface area (Å²) in [5.41, 5.74) is -0.0742. The van der Waals surface area contributed by atoms with Crippen molar-refractivity contribution >= 4 is 11.3 Å². The molecule has 0 spiro atoms. The molecule has 16 heavy (non-hydrogen) atoms. The quantitative estimate of drug-likeness (QED) is 0.875. The minimum absolute atomic E-state index is 0.0742. The van der Waals surface area contributed by atoms with Gasteiger partial charge in [0.2, 0.25) is 0 Å². The standard InChI is InChI=1S/C12H19NO2S/c1-12(2)9-13-6-10(15-12)7-14-8-11-4-3-5-16-11/h3-5,10,13H,6-9H2,1-2H3. The zero-order chi connectivity index (χ0) is 11.4. The van der Waals surface area contributed by atoms with Gasteiger partial charge in [-0.2, -0.15) is 0 Å². The molecule has 1 aliphatic rings. The summed E-state index contributed by atoms with van der Waals surface area (Å²) in [7, 11) is 0. The third-order valence-electron chi connectivity index (χ3n) is 2.54. The van der Waals surface area contributed by atoms with Gasteiger partial charge in [0.1, 0.15) is 0 Å². The fourth-order valence-corrected chi connectivity index (χ4v) is 2.49. The fraction of sp³-hybridized carbons (Fsp3) is 0.667. The highest BCUT2D eigenvalue weighted by atomic mass is 32.1. The molecule has 1 aromatic rings. The largest absolute Gasteiger partial charge is 0.373 e. The van der Waals surface area contributed by atoms with Crippen molar-refractivity contribution in [3.05, 3.63) is 22.4 Å². The van der Waals surface area contributed by atoms with Gasteiger partial charge in [-0.25, -0.2) is 0 Å². The zero-order valence-corrected chi connectivity index (χ0v) is 10.7. The Hall–Kier alpha value is -0.420. The van der Waals surface area contributed by atoms with Gasteiger partial charge in [-0.05, 0) is 25.3 Å². The van der Waals surface area contributed by atoms with Crippen molar-refractivity contribution in [2.75, 3.05) is 19.7 Å². The normalized spacial score (nSPS) is 24.5. The lowest BCUT2D eigenvalue weighted by Gasteiger charge is -2.36. The molecule has 2 heterocycles. The van der Waals surface area contributed by atoms with Crippen molar-refractivity contribution < 1.29 is 9.47 Å². The maximum Gasteiger partial charge on any atom is 0.0940 e. The maximum atomic E-state index is 5.91. The zero-order valence-electron chi connectivity index (χ0n) is 9.86. The summed E-state index contributed by atoms with van der Waals surface area (Å²) in [6.07, 6.45) is 0.170. The Bertz CT molecular complexity index is 311. The molecule has 1 fully saturated rings. The van der Waals surface area contributed by atoms with Crippen molar-refractivity contribution in [2.24, 2.45) is 0 Å². The molecule has 0 aliphatic carbocycles. The second-order valence-corrected chi connectivity index (χ2v) is 5.76. The Morgan fingerprint density at radius 1 is 1.62 bits per heavy atom. The highest BCUT2D eigenvalue weighted by Crippen LogP contribution is 2.16. The third-order valence-corrected chi connectivity index (χ3v) is 3.39. The number of hydrogen-bond acceptors (Lipinski definition) is 4. The summed E-state index contributed by atoms with van der Waals surface area (Å²) in [5, 5.41) is 5.44. The van der Waals surface area contributed by atoms with Crippen LogP contribution >= 0.6 is 11.3 Å². The number of hydrogen-bond donors (Lipinski definition) is 1. The lowest BCUT2D eigenvalue weighted by Crippen LogP contribution is -2.51. The molecule has 1 unspecified atom stereocenters. The van der Waals surface area contributed by atoms with Crippen molar-refractivity contribution in [1.29, 1.82) is 0 Å². The van der Waals surface area contributed by atoms with Crippen molar-refractivity contribution in [1.82, 2.24) is 5.32 Å². The van der Waals surface area contributed by atoms with Crippen LogP contribution in [0.4, 0.5) is 0 Å². The molecule has 1 saturated heterocycles. The minimum atomic E-state index is -0.0742. The first-order valence-corrected chi connectivity index (χ1v) is 6.52. The van der Waals surface area contributed by atoms with Crippen LogP contribution in [-0.4, -0.2) is 31.4 Å². The van der Waals surface area contributed by atoms with Crippen LogP contribution < -0.4 is 5.32 Å². The van der Waals surface area contributed by atoms with Crippen LogP contribution in [0, 0.1) is 0 Å². The van der Waals surface area contributed by atoms with Crippen molar-refractivity contribution in [3.63, 3.8) is 0 Å². The molecule has 0 aromatic carbocycles. The predicted molar refractivity (Wildman–Crippen MR) is 65.8 cm³/mol. The lowest BCUT2D eigenvalue weighted by molar-refractivity contribution is -0.121. The van der Waals surface area contributed by atoms with Gasteiger partial charge in [0.15, 0.2) is 0 Å². The number of ether oxygens (including phenoxy) is 2. The Kier molecular flexibility index (Phi) is 3.97. The van der Waals surface area contributed by atoms with Crippen molar-refractivity contribution in [2.45, 2.75) is 32.2 Å². The second-order valence-electron chi connectivity index (χ2n) is 4.72. The molecule has 1 aromatic heterocycles. The van der Waals surface area contributed by atoms with E-state index in [1.165, 1.54) is 4.88 Å². The number of thiophene rings is 1. The van der Waals surface area contributed by atoms with Crippen LogP contribution in [0.25, 0.3) is 0 Å². The SMILES string of the molecule is CC1(C)CNCC(COCc2cccs2)O1. The van der Waals surface area contributed by atoms with Gasteiger partial charge in [-0.3, -0.25) is 0 Å². The summed E-state index contributed by atoms with van der Waals surface area (Å²) in [6, 6.07) is 4.14. The van der Waals surface area contributed by atoms with Crippen LogP contribution in [0.3, 0.4) is 0 Å². The van der Waals surface area contributed by atoms with Gasteiger partial charge < -0.3 is 14.8 Å². The summed E-state index contributed by atoms with van der Waals surface area (Å²) >= 11 is 1.73. The van der Waals surface area contributed by atoms with Gasteiger partial charge in [0.25, 0.3) is 0 Å². The molecule has 0 bridgehead atoms. The molecule has 2 rings (SSSR count). The molecule has 1 N–H and O–H groups in total. The van der Waals surface area contributed by atoms with E-state index in [0.29, 0.717) is 13.2 Å². The highest BCUT2D eigenvalue weighted by Gasteiger charge is 2.28. The first-order chi connectivity index (χ1) is 7.66. The average Bonchev–Trinajstić information content (AvgIpc) is 2.69. The van der Waals surface area contributed by atoms with E-state index in [1.54, 1.807) is 11.3 Å². The molecule has 90 valence electrons. The third kappa shape index (κ3) is 3.56. The molecule has 3 nitrogen and oxygen atoms in total. The molecule has 0 radical (unpaired) electrons. The minimum Gasteiger partial charge on any atom is -0.373 e. The van der Waals surface area contributed by atoms with E-state index >= 15 is 0 Å². The molecule has 0 amide bonds. The first-order valence-electron chi connectivity index (χ1n) is 5.64. The first kappa shape index (κ1) is 12.0. The van der Waals surface area contributed by atoms with Gasteiger partial charge in [-0.1, -0.05) is 6.07 Å². The van der Waals surface area contributed by atoms with Crippen LogP contribution in [0.1, 0.15) is 18.7 Å². The van der Waals surface area contributed by atoms with E-state index in [4.69, 9.17) is 9.47 Å². The van der Waals surface area contributed by atoms with Crippen LogP contribution in [-0.2, 0) is 16.1 Å². The van der Waals surface area contributed by atoms with Crippen LogP contribution in [0.2, 0.25) is 0 Å². The molecule has 0 saturated carbocycles. The monoisotopic (exact) mass is 241 g/mol. The van der Waals surface area contributed by atoms with Crippen LogP contribution in [0.15, 0.2) is 17.5 Å². The highest BCUT2D eigenvalue weighted by molar-refractivity contribution is 7.09. The topological polar surface area (TPSA) is 30.5 Å². The summed E-state index contributed by atoms with van der Waals surface area (Å²) in [5.74, 6) is 0. The van der Waals surface area contributed by atoms with Crippen molar-refractivity contribution in [3.8, 4) is 0 Å². The Morgan fingerprint density at radius 2 is 2.50 bits per heavy atom. The Balaban J connectivity index is 1.70. The predicted octanol–water partition coefficient (Wildman–Crippen LogP) is 2.03. The maximum absolute atomic E-state index is 5.91. The summed E-state index contributed by atoms with van der Waals surface area (Å²) in [4.78, 5) is 1.27. The number of morpholine rings is 1. The molecular formula is C12H19NO2S. The van der Waals surface area contributed by atoms with E-state index in [1.807, 2.05) is 6.07 Å². The summed E-state index contributed by atoms with van der Waals surface area (Å²) in [6.45, 7) is 7.35. The Labute approximate surface area is 101 Å². The van der Waals surface area contributed by atoms with Gasteiger partial charge in [-0.15, -0.1) is 11.3 Å².